The number of piperidine rings is 1. The van der Waals surface area contributed by atoms with E-state index in [1.165, 1.54) is 5.56 Å². The highest BCUT2D eigenvalue weighted by molar-refractivity contribution is 5.87. The lowest BCUT2D eigenvalue weighted by Gasteiger charge is -2.39. The number of carbonyl (C=O) groups excluding carboxylic acids is 1. The van der Waals surface area contributed by atoms with E-state index in [1.807, 2.05) is 12.3 Å². The number of benzene rings is 1. The first-order valence-corrected chi connectivity index (χ1v) is 10.0. The van der Waals surface area contributed by atoms with Crippen molar-refractivity contribution >= 4 is 22.8 Å². The number of nitrogens with one attached hydrogen (secondary N) is 2. The van der Waals surface area contributed by atoms with Gasteiger partial charge >= 0.3 is 0 Å². The standard InChI is InChI=1S/C22H25N5O/c1-15-2-4-16(5-3-15)12-24-21(28)18-7-11-27(13-22(18)8-9-22)20-17-6-10-23-19(17)25-14-26-20/h2-6,10,14,18H,7-9,11-13H2,1H3,(H,24,28)(H,23,25,26). The largest absolute Gasteiger partial charge is 0.355 e. The van der Waals surface area contributed by atoms with E-state index in [4.69, 9.17) is 0 Å². The van der Waals surface area contributed by atoms with Gasteiger partial charge in [-0.3, -0.25) is 4.79 Å². The molecule has 6 heteroatoms. The molecule has 1 spiro atoms. The smallest absolute Gasteiger partial charge is 0.224 e. The number of aromatic amines is 1. The fraction of sp³-hybridized carbons (Fsp3) is 0.409. The Labute approximate surface area is 164 Å². The second-order valence-electron chi connectivity index (χ2n) is 8.27. The van der Waals surface area contributed by atoms with Gasteiger partial charge in [0.25, 0.3) is 0 Å². The maximum absolute atomic E-state index is 12.9. The van der Waals surface area contributed by atoms with Crippen LogP contribution in [0.3, 0.4) is 0 Å². The number of rotatable bonds is 4. The number of aromatic nitrogens is 3. The maximum atomic E-state index is 12.9. The maximum Gasteiger partial charge on any atom is 0.224 e. The predicted octanol–water partition coefficient (Wildman–Crippen LogP) is 3.19. The first-order chi connectivity index (χ1) is 13.6. The van der Waals surface area contributed by atoms with Crippen LogP contribution in [-0.2, 0) is 11.3 Å². The van der Waals surface area contributed by atoms with E-state index in [-0.39, 0.29) is 17.2 Å². The van der Waals surface area contributed by atoms with Crippen LogP contribution in [-0.4, -0.2) is 33.9 Å². The average Bonchev–Trinajstić information content (AvgIpc) is 3.29. The molecule has 3 heterocycles. The molecule has 1 aliphatic carbocycles. The molecule has 2 N–H and O–H groups in total. The van der Waals surface area contributed by atoms with Gasteiger partial charge in [0.2, 0.25) is 5.91 Å². The van der Waals surface area contributed by atoms with Crippen molar-refractivity contribution in [1.29, 1.82) is 0 Å². The Kier molecular flexibility index (Phi) is 4.07. The predicted molar refractivity (Wildman–Crippen MR) is 109 cm³/mol. The van der Waals surface area contributed by atoms with Gasteiger partial charge in [0.05, 0.1) is 5.39 Å². The summed E-state index contributed by atoms with van der Waals surface area (Å²) in [4.78, 5) is 27.3. The van der Waals surface area contributed by atoms with Crippen molar-refractivity contribution in [2.24, 2.45) is 11.3 Å². The van der Waals surface area contributed by atoms with Gasteiger partial charge in [-0.2, -0.15) is 0 Å². The molecule has 3 aromatic rings. The van der Waals surface area contributed by atoms with Crippen LogP contribution in [0.5, 0.6) is 0 Å². The molecular formula is C22H25N5O. The highest BCUT2D eigenvalue weighted by atomic mass is 16.1. The normalized spacial score (nSPS) is 20.5. The van der Waals surface area contributed by atoms with Crippen molar-refractivity contribution in [3.8, 4) is 0 Å². The third kappa shape index (κ3) is 3.03. The number of hydrogen-bond donors (Lipinski definition) is 2. The molecule has 0 radical (unpaired) electrons. The Morgan fingerprint density at radius 1 is 1.25 bits per heavy atom. The first-order valence-electron chi connectivity index (χ1n) is 10.0. The monoisotopic (exact) mass is 375 g/mol. The number of amides is 1. The molecular weight excluding hydrogens is 350 g/mol. The van der Waals surface area contributed by atoms with Crippen molar-refractivity contribution in [3.05, 3.63) is 54.0 Å². The van der Waals surface area contributed by atoms with Crippen molar-refractivity contribution in [2.45, 2.75) is 32.7 Å². The molecule has 0 bridgehead atoms. The molecule has 1 saturated heterocycles. The second-order valence-corrected chi connectivity index (χ2v) is 8.27. The van der Waals surface area contributed by atoms with Gasteiger partial charge in [-0.1, -0.05) is 29.8 Å². The average molecular weight is 375 g/mol. The summed E-state index contributed by atoms with van der Waals surface area (Å²) in [5.41, 5.74) is 3.36. The summed E-state index contributed by atoms with van der Waals surface area (Å²) >= 11 is 0. The van der Waals surface area contributed by atoms with Crippen LogP contribution in [0.15, 0.2) is 42.9 Å². The molecule has 144 valence electrons. The van der Waals surface area contributed by atoms with Gasteiger partial charge in [0.15, 0.2) is 0 Å². The lowest BCUT2D eigenvalue weighted by Crippen LogP contribution is -2.48. The molecule has 1 amide bonds. The van der Waals surface area contributed by atoms with Crippen LogP contribution in [0.25, 0.3) is 11.0 Å². The molecule has 1 aliphatic heterocycles. The van der Waals surface area contributed by atoms with Crippen molar-refractivity contribution in [3.63, 3.8) is 0 Å². The second kappa shape index (κ2) is 6.62. The molecule has 2 aromatic heterocycles. The van der Waals surface area contributed by atoms with E-state index in [1.54, 1.807) is 6.33 Å². The van der Waals surface area contributed by atoms with Gasteiger partial charge in [-0.25, -0.2) is 9.97 Å². The van der Waals surface area contributed by atoms with Gasteiger partial charge in [0, 0.05) is 31.7 Å². The summed E-state index contributed by atoms with van der Waals surface area (Å²) < 4.78 is 0. The van der Waals surface area contributed by atoms with Crippen LogP contribution in [0, 0.1) is 18.3 Å². The Balaban J connectivity index is 1.28. The van der Waals surface area contributed by atoms with Gasteiger partial charge < -0.3 is 15.2 Å². The minimum absolute atomic E-state index is 0.0951. The highest BCUT2D eigenvalue weighted by Gasteiger charge is 2.55. The Bertz CT molecular complexity index is 1010. The minimum atomic E-state index is 0.0951. The molecule has 1 unspecified atom stereocenters. The van der Waals surface area contributed by atoms with Crippen molar-refractivity contribution in [1.82, 2.24) is 20.3 Å². The van der Waals surface area contributed by atoms with E-state index in [0.717, 1.165) is 54.8 Å². The SMILES string of the molecule is Cc1ccc(CNC(=O)C2CCN(c3ncnc4[nH]ccc34)CC23CC3)cc1. The van der Waals surface area contributed by atoms with E-state index < -0.39 is 0 Å². The first kappa shape index (κ1) is 17.2. The van der Waals surface area contributed by atoms with Crippen LogP contribution in [0.2, 0.25) is 0 Å². The zero-order chi connectivity index (χ0) is 19.1. The number of aryl methyl sites for hydroxylation is 1. The lowest BCUT2D eigenvalue weighted by molar-refractivity contribution is -0.128. The number of H-pyrrole nitrogens is 1. The van der Waals surface area contributed by atoms with Crippen LogP contribution >= 0.6 is 0 Å². The van der Waals surface area contributed by atoms with Crippen molar-refractivity contribution in [2.75, 3.05) is 18.0 Å². The number of hydrogen-bond acceptors (Lipinski definition) is 4. The van der Waals surface area contributed by atoms with E-state index in [2.05, 4.69) is 56.4 Å². The van der Waals surface area contributed by atoms with E-state index >= 15 is 0 Å². The molecule has 1 atom stereocenters. The number of nitrogens with zero attached hydrogens (tertiary/aromatic N) is 3. The fourth-order valence-electron chi connectivity index (χ4n) is 4.55. The molecule has 1 saturated carbocycles. The minimum Gasteiger partial charge on any atom is -0.355 e. The molecule has 1 aromatic carbocycles. The third-order valence-corrected chi connectivity index (χ3v) is 6.36. The zero-order valence-corrected chi connectivity index (χ0v) is 16.1. The fourth-order valence-corrected chi connectivity index (χ4v) is 4.55. The summed E-state index contributed by atoms with van der Waals surface area (Å²) in [7, 11) is 0. The quantitative estimate of drug-likeness (QED) is 0.734. The highest BCUT2D eigenvalue weighted by Crippen LogP contribution is 2.56. The zero-order valence-electron chi connectivity index (χ0n) is 16.1. The number of carbonyl (C=O) groups is 1. The lowest BCUT2D eigenvalue weighted by atomic mass is 9.81. The Hall–Kier alpha value is -2.89. The third-order valence-electron chi connectivity index (χ3n) is 6.36. The van der Waals surface area contributed by atoms with Gasteiger partial charge in [-0.05, 0) is 43.2 Å². The van der Waals surface area contributed by atoms with Crippen LogP contribution < -0.4 is 10.2 Å². The van der Waals surface area contributed by atoms with Gasteiger partial charge in [-0.15, -0.1) is 0 Å². The number of anilines is 1. The summed E-state index contributed by atoms with van der Waals surface area (Å²) in [6.07, 6.45) is 6.63. The molecule has 2 aliphatic rings. The molecule has 6 nitrogen and oxygen atoms in total. The summed E-state index contributed by atoms with van der Waals surface area (Å²) in [5, 5.41) is 4.23. The van der Waals surface area contributed by atoms with Crippen molar-refractivity contribution < 1.29 is 4.79 Å². The summed E-state index contributed by atoms with van der Waals surface area (Å²) in [5.74, 6) is 1.28. The van der Waals surface area contributed by atoms with Crippen LogP contribution in [0.1, 0.15) is 30.4 Å². The van der Waals surface area contributed by atoms with Gasteiger partial charge in [0.1, 0.15) is 17.8 Å². The van der Waals surface area contributed by atoms with Crippen LogP contribution in [0.4, 0.5) is 5.82 Å². The molecule has 28 heavy (non-hydrogen) atoms. The van der Waals surface area contributed by atoms with E-state index in [9.17, 15) is 4.79 Å². The molecule has 5 rings (SSSR count). The Morgan fingerprint density at radius 3 is 2.86 bits per heavy atom. The summed E-state index contributed by atoms with van der Waals surface area (Å²) in [6, 6.07) is 10.4. The topological polar surface area (TPSA) is 73.9 Å². The number of fused-ring (bicyclic) bond motifs is 1. The molecule has 2 fully saturated rings. The Morgan fingerprint density at radius 2 is 2.07 bits per heavy atom. The van der Waals surface area contributed by atoms with E-state index in [0.29, 0.717) is 6.54 Å². The summed E-state index contributed by atoms with van der Waals surface area (Å²) in [6.45, 7) is 4.42.